The summed E-state index contributed by atoms with van der Waals surface area (Å²) in [6.45, 7) is 9.23. The van der Waals surface area contributed by atoms with E-state index in [-0.39, 0.29) is 12.1 Å². The zero-order valence-electron chi connectivity index (χ0n) is 12.5. The minimum atomic E-state index is -0.0669. The molecule has 108 valence electrons. The van der Waals surface area contributed by atoms with Crippen LogP contribution in [0.3, 0.4) is 0 Å². The van der Waals surface area contributed by atoms with Crippen molar-refractivity contribution in [1.29, 1.82) is 0 Å². The molecule has 1 heterocycles. The molecule has 4 heteroatoms. The van der Waals surface area contributed by atoms with Crippen molar-refractivity contribution >= 4 is 17.4 Å². The molecule has 0 fully saturated rings. The van der Waals surface area contributed by atoms with Crippen LogP contribution in [0, 0.1) is 5.92 Å². The summed E-state index contributed by atoms with van der Waals surface area (Å²) in [5, 5.41) is 5.90. The topological polar surface area (TPSA) is 41.1 Å². The van der Waals surface area contributed by atoms with E-state index in [1.165, 1.54) is 9.75 Å². The first kappa shape index (κ1) is 16.0. The highest BCUT2D eigenvalue weighted by molar-refractivity contribution is 7.11. The molecule has 2 amide bonds. The Labute approximate surface area is 120 Å². The first-order valence-corrected chi connectivity index (χ1v) is 7.94. The summed E-state index contributed by atoms with van der Waals surface area (Å²) in [5.41, 5.74) is 0. The predicted molar refractivity (Wildman–Crippen MR) is 82.6 cm³/mol. The van der Waals surface area contributed by atoms with Crippen molar-refractivity contribution in [3.05, 3.63) is 21.9 Å². The second-order valence-electron chi connectivity index (χ2n) is 5.42. The van der Waals surface area contributed by atoms with Gasteiger partial charge in [0.15, 0.2) is 0 Å². The minimum absolute atomic E-state index is 0.0669. The van der Waals surface area contributed by atoms with Crippen LogP contribution >= 0.6 is 11.3 Å². The van der Waals surface area contributed by atoms with Gasteiger partial charge in [-0.05, 0) is 44.2 Å². The van der Waals surface area contributed by atoms with E-state index in [0.29, 0.717) is 12.5 Å². The van der Waals surface area contributed by atoms with Gasteiger partial charge in [0.2, 0.25) is 0 Å². The zero-order valence-corrected chi connectivity index (χ0v) is 13.3. The molecule has 1 aromatic rings. The van der Waals surface area contributed by atoms with Crippen LogP contribution in [0.2, 0.25) is 0 Å². The van der Waals surface area contributed by atoms with Crippen LogP contribution in [0.15, 0.2) is 12.1 Å². The maximum atomic E-state index is 11.7. The number of hydrogen-bond donors (Lipinski definition) is 2. The van der Waals surface area contributed by atoms with Crippen LogP contribution < -0.4 is 10.6 Å². The Bertz CT molecular complexity index is 387. The number of aryl methyl sites for hydroxylation is 1. The molecule has 19 heavy (non-hydrogen) atoms. The van der Waals surface area contributed by atoms with Crippen molar-refractivity contribution in [1.82, 2.24) is 10.6 Å². The van der Waals surface area contributed by atoms with Gasteiger partial charge in [-0.25, -0.2) is 4.79 Å². The minimum Gasteiger partial charge on any atom is -0.336 e. The van der Waals surface area contributed by atoms with E-state index in [0.717, 1.165) is 19.3 Å². The molecule has 0 radical (unpaired) electrons. The van der Waals surface area contributed by atoms with E-state index < -0.39 is 0 Å². The highest BCUT2D eigenvalue weighted by Crippen LogP contribution is 2.16. The predicted octanol–water partition coefficient (Wildman–Crippen LogP) is 3.93. The summed E-state index contributed by atoms with van der Waals surface area (Å²) in [4.78, 5) is 14.3. The second kappa shape index (κ2) is 8.20. The maximum Gasteiger partial charge on any atom is 0.315 e. The lowest BCUT2D eigenvalue weighted by atomic mass is 10.0. The van der Waals surface area contributed by atoms with Gasteiger partial charge < -0.3 is 10.6 Å². The molecule has 0 aliphatic carbocycles. The molecular weight excluding hydrogens is 256 g/mol. The molecule has 1 atom stereocenters. The summed E-state index contributed by atoms with van der Waals surface area (Å²) in [6, 6.07) is 4.39. The van der Waals surface area contributed by atoms with Crippen LogP contribution in [0.25, 0.3) is 0 Å². The van der Waals surface area contributed by atoms with Gasteiger partial charge in [0.1, 0.15) is 0 Å². The summed E-state index contributed by atoms with van der Waals surface area (Å²) >= 11 is 1.77. The average Bonchev–Trinajstić information content (AvgIpc) is 2.82. The number of carbonyl (C=O) groups excluding carboxylic acids is 1. The highest BCUT2D eigenvalue weighted by Gasteiger charge is 2.08. The summed E-state index contributed by atoms with van der Waals surface area (Å²) in [6.07, 6.45) is 3.24. The van der Waals surface area contributed by atoms with Crippen LogP contribution in [0.4, 0.5) is 4.79 Å². The first-order valence-electron chi connectivity index (χ1n) is 7.13. The van der Waals surface area contributed by atoms with Crippen molar-refractivity contribution in [2.45, 2.75) is 59.5 Å². The Morgan fingerprint density at radius 2 is 1.89 bits per heavy atom. The number of rotatable bonds is 7. The third kappa shape index (κ3) is 6.62. The Balaban J connectivity index is 2.23. The highest BCUT2D eigenvalue weighted by atomic mass is 32.1. The van der Waals surface area contributed by atoms with Gasteiger partial charge >= 0.3 is 6.03 Å². The fraction of sp³-hybridized carbons (Fsp3) is 0.667. The van der Waals surface area contributed by atoms with Crippen molar-refractivity contribution in [2.75, 3.05) is 0 Å². The van der Waals surface area contributed by atoms with Crippen molar-refractivity contribution in [3.63, 3.8) is 0 Å². The molecule has 2 N–H and O–H groups in total. The van der Waals surface area contributed by atoms with Gasteiger partial charge in [0.25, 0.3) is 0 Å². The SMILES string of the molecule is CCc1ccc(CNC(=O)NC(C)CCC(C)C)s1. The number of thiophene rings is 1. The van der Waals surface area contributed by atoms with Crippen molar-refractivity contribution in [3.8, 4) is 0 Å². The normalized spacial score (nSPS) is 12.5. The Morgan fingerprint density at radius 1 is 1.21 bits per heavy atom. The van der Waals surface area contributed by atoms with Gasteiger partial charge in [-0.15, -0.1) is 11.3 Å². The third-order valence-electron chi connectivity index (χ3n) is 3.04. The van der Waals surface area contributed by atoms with Crippen molar-refractivity contribution in [2.24, 2.45) is 5.92 Å². The standard InChI is InChI=1S/C15H26N2OS/c1-5-13-8-9-14(19-13)10-16-15(18)17-12(4)7-6-11(2)3/h8-9,11-12H,5-7,10H2,1-4H3,(H2,16,17,18). The van der Waals surface area contributed by atoms with Gasteiger partial charge in [0.05, 0.1) is 6.54 Å². The number of amides is 2. The largest absolute Gasteiger partial charge is 0.336 e. The van der Waals surface area contributed by atoms with Gasteiger partial charge in [0, 0.05) is 15.8 Å². The average molecular weight is 282 g/mol. The molecule has 0 aliphatic heterocycles. The smallest absolute Gasteiger partial charge is 0.315 e. The van der Waals surface area contributed by atoms with E-state index in [1.807, 2.05) is 0 Å². The van der Waals surface area contributed by atoms with Crippen molar-refractivity contribution < 1.29 is 4.79 Å². The van der Waals surface area contributed by atoms with E-state index in [9.17, 15) is 4.79 Å². The molecule has 0 spiro atoms. The third-order valence-corrected chi connectivity index (χ3v) is 4.27. The number of urea groups is 1. The first-order chi connectivity index (χ1) is 9.01. The number of carbonyl (C=O) groups is 1. The molecule has 0 bridgehead atoms. The molecular formula is C15H26N2OS. The zero-order chi connectivity index (χ0) is 14.3. The molecule has 0 saturated heterocycles. The van der Waals surface area contributed by atoms with E-state index in [4.69, 9.17) is 0 Å². The molecule has 3 nitrogen and oxygen atoms in total. The lowest BCUT2D eigenvalue weighted by molar-refractivity contribution is 0.236. The van der Waals surface area contributed by atoms with Gasteiger partial charge in [-0.1, -0.05) is 20.8 Å². The molecule has 0 aromatic carbocycles. The van der Waals surface area contributed by atoms with E-state index in [2.05, 4.69) is 50.5 Å². The van der Waals surface area contributed by atoms with Crippen LogP contribution in [-0.4, -0.2) is 12.1 Å². The number of hydrogen-bond acceptors (Lipinski definition) is 2. The van der Waals surface area contributed by atoms with Crippen LogP contribution in [0.1, 0.15) is 50.3 Å². The molecule has 0 aliphatic rings. The second-order valence-corrected chi connectivity index (χ2v) is 6.67. The van der Waals surface area contributed by atoms with Gasteiger partial charge in [-0.2, -0.15) is 0 Å². The van der Waals surface area contributed by atoms with Crippen LogP contribution in [-0.2, 0) is 13.0 Å². The Morgan fingerprint density at radius 3 is 2.47 bits per heavy atom. The molecule has 1 aromatic heterocycles. The molecule has 1 unspecified atom stereocenters. The fourth-order valence-electron chi connectivity index (χ4n) is 1.81. The maximum absolute atomic E-state index is 11.7. The Kier molecular flexibility index (Phi) is 6.92. The van der Waals surface area contributed by atoms with E-state index in [1.54, 1.807) is 11.3 Å². The summed E-state index contributed by atoms with van der Waals surface area (Å²) in [5.74, 6) is 0.686. The molecule has 0 saturated carbocycles. The lowest BCUT2D eigenvalue weighted by Gasteiger charge is -2.15. The van der Waals surface area contributed by atoms with E-state index >= 15 is 0 Å². The fourth-order valence-corrected chi connectivity index (χ4v) is 2.70. The summed E-state index contributed by atoms with van der Waals surface area (Å²) < 4.78 is 0. The molecule has 1 rings (SSSR count). The Hall–Kier alpha value is -1.03. The van der Waals surface area contributed by atoms with Crippen LogP contribution in [0.5, 0.6) is 0 Å². The quantitative estimate of drug-likeness (QED) is 0.781. The van der Waals surface area contributed by atoms with Gasteiger partial charge in [-0.3, -0.25) is 0 Å². The number of nitrogens with one attached hydrogen (secondary N) is 2. The summed E-state index contributed by atoms with van der Waals surface area (Å²) in [7, 11) is 0. The monoisotopic (exact) mass is 282 g/mol. The lowest BCUT2D eigenvalue weighted by Crippen LogP contribution is -2.40.